The van der Waals surface area contributed by atoms with Gasteiger partial charge >= 0.3 is 13.1 Å². The van der Waals surface area contributed by atoms with Crippen LogP contribution in [0.1, 0.15) is 42.4 Å². The molecule has 1 aromatic heterocycles. The van der Waals surface area contributed by atoms with Gasteiger partial charge in [0.2, 0.25) is 5.76 Å². The molecule has 98 valence electrons. The lowest BCUT2D eigenvalue weighted by molar-refractivity contribution is 0.00578. The Balaban J connectivity index is 2.13. The first kappa shape index (κ1) is 9.64. The second-order valence-electron chi connectivity index (χ2n) is 5.18. The summed E-state index contributed by atoms with van der Waals surface area (Å²) < 4.78 is 41.8. The molecule has 0 N–H and O–H groups in total. The summed E-state index contributed by atoms with van der Waals surface area (Å²) in [6, 6.07) is 2.83. The van der Waals surface area contributed by atoms with E-state index in [-0.39, 0.29) is 11.4 Å². The quantitative estimate of drug-likeness (QED) is 0.590. The summed E-state index contributed by atoms with van der Waals surface area (Å²) in [6.07, 6.45) is 0. The van der Waals surface area contributed by atoms with Crippen LogP contribution < -0.4 is 5.66 Å². The third-order valence-electron chi connectivity index (χ3n) is 3.41. The van der Waals surface area contributed by atoms with Crippen molar-refractivity contribution in [2.45, 2.75) is 38.9 Å². The number of carbonyl (C=O) groups is 1. The predicted octanol–water partition coefficient (Wildman–Crippen LogP) is 1.37. The maximum absolute atomic E-state index is 11.6. The Morgan fingerprint density at radius 2 is 1.89 bits per heavy atom. The molecule has 0 aliphatic carbocycles. The van der Waals surface area contributed by atoms with Crippen molar-refractivity contribution in [2.75, 3.05) is 7.04 Å². The molecule has 2 heterocycles. The smallest absolute Gasteiger partial charge is 0.463 e. The van der Waals surface area contributed by atoms with Gasteiger partial charge in [-0.1, -0.05) is 0 Å². The Bertz CT molecular complexity index is 533. The monoisotopic (exact) mass is 255 g/mol. The van der Waals surface area contributed by atoms with Crippen LogP contribution in [0.4, 0.5) is 0 Å². The largest absolute Gasteiger partial charge is 0.532 e. The van der Waals surface area contributed by atoms with Gasteiger partial charge in [-0.15, -0.1) is 0 Å². The van der Waals surface area contributed by atoms with Gasteiger partial charge in [0.25, 0.3) is 0 Å². The molecular formula is C12H17BO5. The van der Waals surface area contributed by atoms with Crippen LogP contribution in [0.2, 0.25) is 0 Å². The third kappa shape index (κ3) is 2.06. The molecule has 0 spiro atoms. The van der Waals surface area contributed by atoms with E-state index in [0.29, 0.717) is 0 Å². The third-order valence-corrected chi connectivity index (χ3v) is 3.41. The van der Waals surface area contributed by atoms with Crippen LogP contribution in [-0.4, -0.2) is 31.3 Å². The van der Waals surface area contributed by atoms with Crippen LogP contribution >= 0.6 is 0 Å². The van der Waals surface area contributed by atoms with Crippen molar-refractivity contribution in [3.8, 4) is 0 Å². The molecule has 18 heavy (non-hydrogen) atoms. The molecule has 6 heteroatoms. The molecular weight excluding hydrogens is 235 g/mol. The first-order chi connectivity index (χ1) is 9.41. The number of ether oxygens (including phenoxy) is 1. The fourth-order valence-corrected chi connectivity index (χ4v) is 1.60. The molecule has 2 rings (SSSR count). The molecule has 5 nitrogen and oxygen atoms in total. The van der Waals surface area contributed by atoms with Crippen molar-refractivity contribution in [3.63, 3.8) is 0 Å². The maximum atomic E-state index is 11.6. The molecule has 1 aromatic rings. The zero-order chi connectivity index (χ0) is 16.1. The number of carbonyl (C=O) groups excluding carboxylic acids is 1. The number of hydrogen-bond donors (Lipinski definition) is 0. The van der Waals surface area contributed by atoms with E-state index in [4.69, 9.17) is 17.8 Å². The first-order valence-corrected chi connectivity index (χ1v) is 5.60. The van der Waals surface area contributed by atoms with E-state index in [2.05, 4.69) is 4.74 Å². The van der Waals surface area contributed by atoms with E-state index >= 15 is 0 Å². The van der Waals surface area contributed by atoms with Gasteiger partial charge in [0.15, 0.2) is 0 Å². The summed E-state index contributed by atoms with van der Waals surface area (Å²) in [4.78, 5) is 11.6. The van der Waals surface area contributed by atoms with Crippen LogP contribution in [0.15, 0.2) is 16.5 Å². The zero-order valence-electron chi connectivity index (χ0n) is 13.8. The van der Waals surface area contributed by atoms with Gasteiger partial charge in [-0.3, -0.25) is 0 Å². The second kappa shape index (κ2) is 4.14. The molecule has 1 aliphatic rings. The van der Waals surface area contributed by atoms with Crippen LogP contribution in [0.25, 0.3) is 0 Å². The minimum atomic E-state index is -2.81. The molecule has 0 bridgehead atoms. The number of methoxy groups -OCH3 is 1. The minimum Gasteiger partial charge on any atom is -0.463 e. The SMILES string of the molecule is [2H]C([2H])([2H])OC(=O)c1ccc(B2OC(C)(C)C(C)(C)O2)o1. The van der Waals surface area contributed by atoms with E-state index in [0.717, 1.165) is 0 Å². The van der Waals surface area contributed by atoms with Crippen LogP contribution in [-0.2, 0) is 14.0 Å². The summed E-state index contributed by atoms with van der Waals surface area (Å²) in [6.45, 7) is 7.55. The second-order valence-corrected chi connectivity index (χ2v) is 5.18. The van der Waals surface area contributed by atoms with Crippen molar-refractivity contribution in [1.82, 2.24) is 0 Å². The first-order valence-electron chi connectivity index (χ1n) is 7.10. The van der Waals surface area contributed by atoms with Crippen molar-refractivity contribution in [1.29, 1.82) is 0 Å². The summed E-state index contributed by atoms with van der Waals surface area (Å²) in [5.41, 5.74) is -0.792. The van der Waals surface area contributed by atoms with Crippen molar-refractivity contribution in [2.24, 2.45) is 0 Å². The van der Waals surface area contributed by atoms with E-state index in [1.807, 2.05) is 27.7 Å². The van der Waals surface area contributed by atoms with E-state index in [1.54, 1.807) is 0 Å². The van der Waals surface area contributed by atoms with Gasteiger partial charge in [-0.05, 0) is 39.8 Å². The Labute approximate surface area is 111 Å². The Morgan fingerprint density at radius 1 is 1.28 bits per heavy atom. The van der Waals surface area contributed by atoms with Crippen molar-refractivity contribution >= 4 is 18.7 Å². The lowest BCUT2D eigenvalue weighted by atomic mass is 9.86. The molecule has 1 fully saturated rings. The lowest BCUT2D eigenvalue weighted by Gasteiger charge is -2.32. The average molecular weight is 255 g/mol. The molecule has 0 unspecified atom stereocenters. The van der Waals surface area contributed by atoms with E-state index < -0.39 is 31.3 Å². The van der Waals surface area contributed by atoms with Gasteiger partial charge in [-0.25, -0.2) is 4.79 Å². The van der Waals surface area contributed by atoms with Gasteiger partial charge in [0.1, 0.15) is 5.66 Å². The van der Waals surface area contributed by atoms with Crippen LogP contribution in [0.3, 0.4) is 0 Å². The predicted molar refractivity (Wildman–Crippen MR) is 65.8 cm³/mol. The van der Waals surface area contributed by atoms with Crippen molar-refractivity contribution < 1.29 is 27.4 Å². The average Bonchev–Trinajstić information content (AvgIpc) is 2.80. The summed E-state index contributed by atoms with van der Waals surface area (Å²) >= 11 is 0. The highest BCUT2D eigenvalue weighted by atomic mass is 16.7. The fraction of sp³-hybridized carbons (Fsp3) is 0.583. The lowest BCUT2D eigenvalue weighted by Crippen LogP contribution is -2.41. The highest BCUT2D eigenvalue weighted by Gasteiger charge is 2.53. The number of rotatable bonds is 2. The molecule has 0 saturated carbocycles. The van der Waals surface area contributed by atoms with Crippen LogP contribution in [0.5, 0.6) is 0 Å². The number of hydrogen-bond acceptors (Lipinski definition) is 5. The molecule has 1 aliphatic heterocycles. The molecule has 0 aromatic carbocycles. The topological polar surface area (TPSA) is 57.9 Å². The Kier molecular flexibility index (Phi) is 2.22. The molecule has 0 atom stereocenters. The molecule has 1 saturated heterocycles. The normalized spacial score (nSPS) is 24.2. The van der Waals surface area contributed by atoms with Gasteiger partial charge in [0.05, 0.1) is 22.4 Å². The Morgan fingerprint density at radius 3 is 2.44 bits per heavy atom. The zero-order valence-corrected chi connectivity index (χ0v) is 10.8. The van der Waals surface area contributed by atoms with E-state index in [9.17, 15) is 4.79 Å². The van der Waals surface area contributed by atoms with Gasteiger partial charge < -0.3 is 18.5 Å². The van der Waals surface area contributed by atoms with Gasteiger partial charge in [0, 0.05) is 0 Å². The fourth-order valence-electron chi connectivity index (χ4n) is 1.60. The maximum Gasteiger partial charge on any atom is 0.532 e. The molecule has 0 amide bonds. The van der Waals surface area contributed by atoms with Gasteiger partial charge in [-0.2, -0.15) is 0 Å². The number of esters is 1. The summed E-state index contributed by atoms with van der Waals surface area (Å²) in [7, 11) is -3.57. The summed E-state index contributed by atoms with van der Waals surface area (Å²) in [5.74, 6) is -1.27. The Hall–Kier alpha value is -1.27. The van der Waals surface area contributed by atoms with Crippen molar-refractivity contribution in [3.05, 3.63) is 17.9 Å². The highest BCUT2D eigenvalue weighted by molar-refractivity contribution is 6.60. The molecule has 0 radical (unpaired) electrons. The highest BCUT2D eigenvalue weighted by Crippen LogP contribution is 2.36. The summed E-state index contributed by atoms with van der Waals surface area (Å²) in [5, 5.41) is 0. The minimum absolute atomic E-state index is 0.212. The van der Waals surface area contributed by atoms with Crippen LogP contribution in [0, 0.1) is 0 Å². The standard InChI is InChI=1S/C12H17BO5/c1-11(2)12(3,4)18-13(17-11)9-7-6-8(16-9)10(14)15-5/h6-7H,1-5H3/i5D3. The van der Waals surface area contributed by atoms with E-state index in [1.165, 1.54) is 12.1 Å². The number of furan rings is 1.